The lowest BCUT2D eigenvalue weighted by Gasteiger charge is -2.25. The maximum atomic E-state index is 5.95. The van der Waals surface area contributed by atoms with E-state index < -0.39 is 0 Å². The summed E-state index contributed by atoms with van der Waals surface area (Å²) in [6.45, 7) is 5.92. The zero-order valence-electron chi connectivity index (χ0n) is 12.3. The number of fused-ring (bicyclic) bond motifs is 1. The monoisotopic (exact) mass is 275 g/mol. The molecule has 2 aliphatic rings. The molecule has 0 aliphatic carbocycles. The second-order valence-corrected chi connectivity index (χ2v) is 6.04. The fourth-order valence-corrected chi connectivity index (χ4v) is 3.58. The van der Waals surface area contributed by atoms with E-state index in [1.54, 1.807) is 7.11 Å². The van der Waals surface area contributed by atoms with Crippen LogP contribution in [0, 0.1) is 0 Å². The summed E-state index contributed by atoms with van der Waals surface area (Å²) in [5.74, 6) is 0.859. The Bertz CT molecular complexity index is 463. The SMILES string of the molecule is COc1cc(N)cc(CN2CCCN3CCCC3C2)c1. The van der Waals surface area contributed by atoms with Crippen LogP contribution in [0.5, 0.6) is 5.75 Å². The van der Waals surface area contributed by atoms with E-state index in [0.717, 1.165) is 24.0 Å². The van der Waals surface area contributed by atoms with Crippen LogP contribution in [0.15, 0.2) is 18.2 Å². The first-order chi connectivity index (χ1) is 9.74. The van der Waals surface area contributed by atoms with Gasteiger partial charge in [0.2, 0.25) is 0 Å². The van der Waals surface area contributed by atoms with Crippen molar-refractivity contribution in [3.8, 4) is 5.75 Å². The van der Waals surface area contributed by atoms with Crippen molar-refractivity contribution in [2.45, 2.75) is 31.8 Å². The highest BCUT2D eigenvalue weighted by molar-refractivity contribution is 5.47. The predicted molar refractivity (Wildman–Crippen MR) is 81.9 cm³/mol. The van der Waals surface area contributed by atoms with Crippen LogP contribution in [0.1, 0.15) is 24.8 Å². The van der Waals surface area contributed by atoms with Gasteiger partial charge in [0.05, 0.1) is 7.11 Å². The number of ether oxygens (including phenoxy) is 1. The number of nitrogen functional groups attached to an aromatic ring is 1. The van der Waals surface area contributed by atoms with Gasteiger partial charge in [-0.25, -0.2) is 0 Å². The fraction of sp³-hybridized carbons (Fsp3) is 0.625. The van der Waals surface area contributed by atoms with Gasteiger partial charge in [0.25, 0.3) is 0 Å². The highest BCUT2D eigenvalue weighted by Crippen LogP contribution is 2.24. The molecule has 0 saturated carbocycles. The number of nitrogens with zero attached hydrogens (tertiary/aromatic N) is 2. The number of hydrogen-bond acceptors (Lipinski definition) is 4. The molecule has 0 radical (unpaired) electrons. The van der Waals surface area contributed by atoms with Gasteiger partial charge in [-0.3, -0.25) is 9.80 Å². The Morgan fingerprint density at radius 3 is 2.90 bits per heavy atom. The van der Waals surface area contributed by atoms with Gasteiger partial charge in [0.1, 0.15) is 5.75 Å². The van der Waals surface area contributed by atoms with E-state index in [4.69, 9.17) is 10.5 Å². The van der Waals surface area contributed by atoms with E-state index in [0.29, 0.717) is 0 Å². The van der Waals surface area contributed by atoms with Gasteiger partial charge in [0.15, 0.2) is 0 Å². The molecule has 1 aromatic carbocycles. The minimum atomic E-state index is 0.764. The largest absolute Gasteiger partial charge is 0.497 e. The van der Waals surface area contributed by atoms with Gasteiger partial charge in [-0.1, -0.05) is 0 Å². The third kappa shape index (κ3) is 3.07. The number of nitrogens with two attached hydrogens (primary N) is 1. The van der Waals surface area contributed by atoms with E-state index in [1.165, 1.54) is 51.0 Å². The predicted octanol–water partition coefficient (Wildman–Crippen LogP) is 1.95. The zero-order chi connectivity index (χ0) is 13.9. The van der Waals surface area contributed by atoms with Gasteiger partial charge < -0.3 is 10.5 Å². The van der Waals surface area contributed by atoms with Crippen molar-refractivity contribution in [1.82, 2.24) is 9.80 Å². The van der Waals surface area contributed by atoms with Gasteiger partial charge in [0, 0.05) is 30.9 Å². The summed E-state index contributed by atoms with van der Waals surface area (Å²) in [5, 5.41) is 0. The summed E-state index contributed by atoms with van der Waals surface area (Å²) in [6, 6.07) is 6.82. The van der Waals surface area contributed by atoms with Crippen LogP contribution in [-0.4, -0.2) is 49.1 Å². The third-order valence-electron chi connectivity index (χ3n) is 4.52. The molecule has 110 valence electrons. The molecule has 0 aromatic heterocycles. The van der Waals surface area contributed by atoms with Gasteiger partial charge in [-0.2, -0.15) is 0 Å². The molecule has 0 bridgehead atoms. The lowest BCUT2D eigenvalue weighted by molar-refractivity contribution is 0.215. The molecule has 20 heavy (non-hydrogen) atoms. The molecule has 2 aliphatic heterocycles. The molecule has 3 rings (SSSR count). The molecule has 1 atom stereocenters. The summed E-state index contributed by atoms with van der Waals surface area (Å²) >= 11 is 0. The highest BCUT2D eigenvalue weighted by Gasteiger charge is 2.28. The average molecular weight is 275 g/mol. The third-order valence-corrected chi connectivity index (χ3v) is 4.52. The molecule has 4 nitrogen and oxygen atoms in total. The minimum Gasteiger partial charge on any atom is -0.497 e. The number of benzene rings is 1. The molecule has 1 unspecified atom stereocenters. The molecule has 0 amide bonds. The molecule has 1 aromatic rings. The van der Waals surface area contributed by atoms with Gasteiger partial charge in [-0.05, 0) is 56.6 Å². The molecule has 4 heteroatoms. The van der Waals surface area contributed by atoms with E-state index in [-0.39, 0.29) is 0 Å². The first kappa shape index (κ1) is 13.7. The molecule has 2 fully saturated rings. The maximum Gasteiger partial charge on any atom is 0.121 e. The van der Waals surface area contributed by atoms with Crippen molar-refractivity contribution in [2.24, 2.45) is 0 Å². The molecular formula is C16H25N3O. The van der Waals surface area contributed by atoms with Crippen LogP contribution < -0.4 is 10.5 Å². The molecule has 2 heterocycles. The summed E-state index contributed by atoms with van der Waals surface area (Å²) in [6.07, 6.45) is 4.00. The number of hydrogen-bond donors (Lipinski definition) is 1. The van der Waals surface area contributed by atoms with Crippen LogP contribution in [0.3, 0.4) is 0 Å². The van der Waals surface area contributed by atoms with Crippen molar-refractivity contribution in [3.63, 3.8) is 0 Å². The van der Waals surface area contributed by atoms with Crippen molar-refractivity contribution in [1.29, 1.82) is 0 Å². The lowest BCUT2D eigenvalue weighted by Crippen LogP contribution is -2.36. The van der Waals surface area contributed by atoms with E-state index >= 15 is 0 Å². The standard InChI is InChI=1S/C16H25N3O/c1-20-16-9-13(8-14(17)10-16)11-18-5-3-7-19-6-2-4-15(19)12-18/h8-10,15H,2-7,11-12,17H2,1H3. The Morgan fingerprint density at radius 2 is 2.05 bits per heavy atom. The highest BCUT2D eigenvalue weighted by atomic mass is 16.5. The Kier molecular flexibility index (Phi) is 4.13. The van der Waals surface area contributed by atoms with Gasteiger partial charge >= 0.3 is 0 Å². The minimum absolute atomic E-state index is 0.764. The van der Waals surface area contributed by atoms with Crippen molar-refractivity contribution < 1.29 is 4.74 Å². The Hall–Kier alpha value is -1.26. The lowest BCUT2D eigenvalue weighted by atomic mass is 10.1. The second-order valence-electron chi connectivity index (χ2n) is 6.04. The molecular weight excluding hydrogens is 250 g/mol. The average Bonchev–Trinajstić information content (AvgIpc) is 2.77. The van der Waals surface area contributed by atoms with Crippen LogP contribution in [0.2, 0.25) is 0 Å². The van der Waals surface area contributed by atoms with Crippen molar-refractivity contribution in [3.05, 3.63) is 23.8 Å². The Labute approximate surface area is 121 Å². The first-order valence-electron chi connectivity index (χ1n) is 7.64. The first-order valence-corrected chi connectivity index (χ1v) is 7.64. The fourth-order valence-electron chi connectivity index (χ4n) is 3.58. The molecule has 0 spiro atoms. The Balaban J connectivity index is 1.68. The van der Waals surface area contributed by atoms with Crippen LogP contribution in [0.4, 0.5) is 5.69 Å². The maximum absolute atomic E-state index is 5.95. The quantitative estimate of drug-likeness (QED) is 0.856. The topological polar surface area (TPSA) is 41.7 Å². The van der Waals surface area contributed by atoms with E-state index in [9.17, 15) is 0 Å². The van der Waals surface area contributed by atoms with E-state index in [2.05, 4.69) is 21.9 Å². The van der Waals surface area contributed by atoms with Gasteiger partial charge in [-0.15, -0.1) is 0 Å². The van der Waals surface area contributed by atoms with Crippen molar-refractivity contribution in [2.75, 3.05) is 39.0 Å². The summed E-state index contributed by atoms with van der Waals surface area (Å²) in [4.78, 5) is 5.24. The summed E-state index contributed by atoms with van der Waals surface area (Å²) in [5.41, 5.74) is 8.00. The van der Waals surface area contributed by atoms with Crippen molar-refractivity contribution >= 4 is 5.69 Å². The summed E-state index contributed by atoms with van der Waals surface area (Å²) in [7, 11) is 1.70. The zero-order valence-corrected chi connectivity index (χ0v) is 12.3. The second kappa shape index (κ2) is 6.02. The molecule has 2 saturated heterocycles. The number of methoxy groups -OCH3 is 1. The normalized spacial score (nSPS) is 24.4. The number of rotatable bonds is 3. The number of anilines is 1. The smallest absolute Gasteiger partial charge is 0.121 e. The van der Waals surface area contributed by atoms with Crippen LogP contribution in [-0.2, 0) is 6.54 Å². The van der Waals surface area contributed by atoms with Crippen LogP contribution in [0.25, 0.3) is 0 Å². The molecule has 2 N–H and O–H groups in total. The van der Waals surface area contributed by atoms with Crippen LogP contribution >= 0.6 is 0 Å². The van der Waals surface area contributed by atoms with E-state index in [1.807, 2.05) is 6.07 Å². The summed E-state index contributed by atoms with van der Waals surface area (Å²) < 4.78 is 5.31. The Morgan fingerprint density at radius 1 is 1.20 bits per heavy atom.